The van der Waals surface area contributed by atoms with Crippen molar-refractivity contribution >= 4 is 42.3 Å². The molecule has 1 aliphatic heterocycles. The van der Waals surface area contributed by atoms with E-state index in [1.807, 2.05) is 0 Å². The Balaban J connectivity index is 0.00000116. The first-order valence-corrected chi connectivity index (χ1v) is 9.96. The van der Waals surface area contributed by atoms with Crippen LogP contribution in [0.2, 0.25) is 6.82 Å². The zero-order chi connectivity index (χ0) is 16.8. The second-order valence-electron chi connectivity index (χ2n) is 4.40. The Labute approximate surface area is 140 Å². The molecule has 0 aromatic carbocycles. The van der Waals surface area contributed by atoms with Gasteiger partial charge in [0.1, 0.15) is 5.56 Å². The van der Waals surface area contributed by atoms with Gasteiger partial charge in [-0.1, -0.05) is 6.82 Å². The van der Waals surface area contributed by atoms with E-state index in [1.54, 1.807) is 29.1 Å². The first kappa shape index (κ1) is 19.5. The lowest BCUT2D eigenvalue weighted by Gasteiger charge is -2.11. The Morgan fingerprint density at radius 3 is 2.82 bits per heavy atom. The maximum atomic E-state index is 11.1. The van der Waals surface area contributed by atoms with Gasteiger partial charge in [-0.2, -0.15) is 4.57 Å². The van der Waals surface area contributed by atoms with Gasteiger partial charge in [0.2, 0.25) is 0 Å². The average Bonchev–Trinajstić information content (AvgIpc) is 2.96. The SMILES string of the molecule is NC(=O)c1ccc[n+](C2CCC(COP(=O)(Cl)Cl)O2)c1.[B]C. The third kappa shape index (κ3) is 6.27. The van der Waals surface area contributed by atoms with Crippen LogP contribution < -0.4 is 10.3 Å². The lowest BCUT2D eigenvalue weighted by atomic mass is 10.2. The summed E-state index contributed by atoms with van der Waals surface area (Å²) >= 11 is 10.6. The van der Waals surface area contributed by atoms with Gasteiger partial charge in [0.25, 0.3) is 12.1 Å². The highest BCUT2D eigenvalue weighted by molar-refractivity contribution is 8.05. The number of primary amides is 1. The summed E-state index contributed by atoms with van der Waals surface area (Å²) in [6, 6.07) is 3.35. The fourth-order valence-electron chi connectivity index (χ4n) is 2.02. The third-order valence-electron chi connectivity index (χ3n) is 2.94. The summed E-state index contributed by atoms with van der Waals surface area (Å²) in [5, 5.41) is 0. The minimum atomic E-state index is -3.53. The molecule has 2 heterocycles. The van der Waals surface area contributed by atoms with Crippen molar-refractivity contribution < 1.29 is 23.2 Å². The highest BCUT2D eigenvalue weighted by Crippen LogP contribution is 2.57. The molecule has 0 saturated carbocycles. The van der Waals surface area contributed by atoms with Crippen molar-refractivity contribution in [3.05, 3.63) is 30.1 Å². The lowest BCUT2D eigenvalue weighted by molar-refractivity contribution is -0.759. The topological polar surface area (TPSA) is 82.5 Å². The molecule has 2 radical (unpaired) electrons. The Hall–Kier alpha value is -0.585. The molecule has 10 heteroatoms. The van der Waals surface area contributed by atoms with Gasteiger partial charge in [0.15, 0.2) is 12.4 Å². The number of nitrogens with zero attached hydrogens (tertiary/aromatic N) is 1. The maximum absolute atomic E-state index is 11.1. The highest BCUT2D eigenvalue weighted by atomic mass is 35.9. The quantitative estimate of drug-likeness (QED) is 0.493. The zero-order valence-electron chi connectivity index (χ0n) is 12.0. The van der Waals surface area contributed by atoms with Crippen molar-refractivity contribution in [3.63, 3.8) is 0 Å². The minimum absolute atomic E-state index is 0.0663. The Kier molecular flexibility index (Phi) is 7.87. The molecule has 120 valence electrons. The van der Waals surface area contributed by atoms with E-state index in [0.29, 0.717) is 12.0 Å². The van der Waals surface area contributed by atoms with Crippen LogP contribution in [0, 0.1) is 0 Å². The number of hydrogen-bond acceptors (Lipinski definition) is 4. The standard InChI is InChI=1S/C11H13Cl2N2O4P.CH3B/c12-20(13,17)18-7-9-3-4-10(19-9)15-5-1-2-8(6-15)11(14)16;1-2/h1-2,5-6,9-10H,3-4,7H2,(H-,14,16);1H3/p+1. The molecule has 1 aliphatic rings. The van der Waals surface area contributed by atoms with Crippen molar-refractivity contribution in [1.82, 2.24) is 0 Å². The molecule has 2 atom stereocenters. The third-order valence-corrected chi connectivity index (χ3v) is 3.97. The monoisotopic (exact) mass is 365 g/mol. The zero-order valence-corrected chi connectivity index (χ0v) is 14.4. The van der Waals surface area contributed by atoms with E-state index >= 15 is 0 Å². The van der Waals surface area contributed by atoms with Crippen LogP contribution in [0.4, 0.5) is 0 Å². The number of amides is 1. The molecule has 2 unspecified atom stereocenters. The summed E-state index contributed by atoms with van der Waals surface area (Å²) in [6.45, 7) is 1.57. The molecule has 22 heavy (non-hydrogen) atoms. The fourth-order valence-corrected chi connectivity index (χ4v) is 2.69. The van der Waals surface area contributed by atoms with E-state index in [4.69, 9.17) is 37.5 Å². The molecule has 1 saturated heterocycles. The smallest absolute Gasteiger partial charge is 0.365 e. The van der Waals surface area contributed by atoms with E-state index in [-0.39, 0.29) is 18.9 Å². The molecule has 1 aromatic rings. The van der Waals surface area contributed by atoms with Crippen LogP contribution in [-0.2, 0) is 13.8 Å². The summed E-state index contributed by atoms with van der Waals surface area (Å²) in [6.07, 6.45) is 0.858. The summed E-state index contributed by atoms with van der Waals surface area (Å²) < 4.78 is 23.4. The summed E-state index contributed by atoms with van der Waals surface area (Å²) in [4.78, 5) is 11.1. The van der Waals surface area contributed by atoms with Crippen molar-refractivity contribution in [1.29, 1.82) is 0 Å². The van der Waals surface area contributed by atoms with Crippen LogP contribution in [0.25, 0.3) is 0 Å². The first-order valence-electron chi connectivity index (χ1n) is 6.53. The van der Waals surface area contributed by atoms with Crippen LogP contribution >= 0.6 is 28.6 Å². The lowest BCUT2D eigenvalue weighted by Crippen LogP contribution is -2.40. The number of aromatic nitrogens is 1. The van der Waals surface area contributed by atoms with Crippen LogP contribution in [0.1, 0.15) is 29.4 Å². The minimum Gasteiger partial charge on any atom is -0.365 e. The van der Waals surface area contributed by atoms with Crippen molar-refractivity contribution in [2.45, 2.75) is 32.0 Å². The van der Waals surface area contributed by atoms with Gasteiger partial charge < -0.3 is 15.0 Å². The number of halogens is 2. The van der Waals surface area contributed by atoms with E-state index in [2.05, 4.69) is 7.85 Å². The van der Waals surface area contributed by atoms with Gasteiger partial charge in [-0.15, -0.1) is 0 Å². The van der Waals surface area contributed by atoms with Gasteiger partial charge in [-0.05, 0) is 35.0 Å². The number of carbonyl (C=O) groups excluding carboxylic acids is 1. The number of ether oxygens (including phenoxy) is 1. The summed E-state index contributed by atoms with van der Waals surface area (Å²) in [5.74, 6) is -0.498. The predicted octanol–water partition coefficient (Wildman–Crippen LogP) is 2.56. The van der Waals surface area contributed by atoms with Crippen molar-refractivity contribution in [3.8, 4) is 0 Å². The molecule has 0 aliphatic carbocycles. The Bertz CT molecular complexity index is 558. The van der Waals surface area contributed by atoms with Crippen molar-refractivity contribution in [2.75, 3.05) is 6.61 Å². The van der Waals surface area contributed by atoms with Crippen LogP contribution in [0.5, 0.6) is 0 Å². The van der Waals surface area contributed by atoms with Gasteiger partial charge >= 0.3 is 6.07 Å². The van der Waals surface area contributed by atoms with Crippen LogP contribution in [0.15, 0.2) is 24.5 Å². The highest BCUT2D eigenvalue weighted by Gasteiger charge is 2.33. The van der Waals surface area contributed by atoms with Crippen LogP contribution in [0.3, 0.4) is 0 Å². The number of carbonyl (C=O) groups is 1. The molecule has 0 spiro atoms. The number of hydrogen-bond donors (Lipinski definition) is 1. The summed E-state index contributed by atoms with van der Waals surface area (Å²) in [5.41, 5.74) is 5.64. The Morgan fingerprint density at radius 2 is 2.23 bits per heavy atom. The molecule has 1 aromatic heterocycles. The number of rotatable bonds is 5. The maximum Gasteiger partial charge on any atom is 0.380 e. The van der Waals surface area contributed by atoms with E-state index in [9.17, 15) is 9.36 Å². The molecule has 1 amide bonds. The van der Waals surface area contributed by atoms with Gasteiger partial charge in [-0.3, -0.25) is 9.36 Å². The van der Waals surface area contributed by atoms with Crippen molar-refractivity contribution in [2.24, 2.45) is 5.73 Å². The largest absolute Gasteiger partial charge is 0.380 e. The van der Waals surface area contributed by atoms with E-state index in [1.165, 1.54) is 6.82 Å². The fraction of sp³-hybridized carbons (Fsp3) is 0.500. The van der Waals surface area contributed by atoms with Crippen LogP contribution in [-0.4, -0.2) is 26.5 Å². The Morgan fingerprint density at radius 1 is 1.55 bits per heavy atom. The molecule has 2 N–H and O–H groups in total. The first-order chi connectivity index (χ1) is 10.3. The average molecular weight is 366 g/mol. The molecule has 0 bridgehead atoms. The number of nitrogens with two attached hydrogens (primary N) is 1. The van der Waals surface area contributed by atoms with Gasteiger partial charge in [-0.25, -0.2) is 0 Å². The molecule has 6 nitrogen and oxygen atoms in total. The van der Waals surface area contributed by atoms with E-state index in [0.717, 1.165) is 6.42 Å². The summed E-state index contributed by atoms with van der Waals surface area (Å²) in [7, 11) is 4.50. The normalized spacial score (nSPS) is 21.0. The second-order valence-corrected chi connectivity index (χ2v) is 8.68. The van der Waals surface area contributed by atoms with Gasteiger partial charge in [0, 0.05) is 12.5 Å². The number of pyridine rings is 1. The predicted molar refractivity (Wildman–Crippen MR) is 85.2 cm³/mol. The van der Waals surface area contributed by atoms with Gasteiger partial charge in [0.05, 0.1) is 20.6 Å². The molecular formula is C12H17BCl2N2O4P+. The van der Waals surface area contributed by atoms with E-state index < -0.39 is 12.0 Å². The molecule has 2 rings (SSSR count). The molecule has 1 fully saturated rings. The second kappa shape index (κ2) is 8.89. The molecular weight excluding hydrogens is 349 g/mol.